The number of rotatable bonds is 2. The van der Waals surface area contributed by atoms with Gasteiger partial charge >= 0.3 is 11.9 Å². The smallest absolute Gasteiger partial charge is 0.330 e. The lowest BCUT2D eigenvalue weighted by atomic mass is 9.77. The zero-order valence-electron chi connectivity index (χ0n) is 11.7. The van der Waals surface area contributed by atoms with Crippen molar-refractivity contribution in [3.05, 3.63) is 58.7 Å². The third-order valence-electron chi connectivity index (χ3n) is 4.09. The van der Waals surface area contributed by atoms with Gasteiger partial charge in [0, 0.05) is 0 Å². The van der Waals surface area contributed by atoms with Crippen molar-refractivity contribution >= 4 is 11.9 Å². The molecule has 1 aliphatic carbocycles. The Morgan fingerprint density at radius 3 is 1.52 bits per heavy atom. The lowest BCUT2D eigenvalue weighted by Gasteiger charge is -2.22. The van der Waals surface area contributed by atoms with Gasteiger partial charge in [-0.3, -0.25) is 9.59 Å². The van der Waals surface area contributed by atoms with Crippen LogP contribution in [0.5, 0.6) is 0 Å². The minimum atomic E-state index is -2.03. The summed E-state index contributed by atoms with van der Waals surface area (Å²) >= 11 is 0. The molecule has 0 radical (unpaired) electrons. The molecule has 0 aromatic heterocycles. The number of fused-ring (bicyclic) bond motifs is 3. The van der Waals surface area contributed by atoms with Crippen LogP contribution in [0.15, 0.2) is 36.4 Å². The summed E-state index contributed by atoms with van der Waals surface area (Å²) in [5, 5.41) is 19.5. The number of carbonyl (C=O) groups is 2. The van der Waals surface area contributed by atoms with E-state index in [4.69, 9.17) is 0 Å². The standard InChI is InChI=1S/C17H14O4/c1-9-3-5-11-12-6-4-10(2)8-14(12)17(15(18)19,16(20)21)13(11)7-9/h3-8H,1-2H3,(H,18,19)(H,20,21). The Hall–Kier alpha value is -2.62. The van der Waals surface area contributed by atoms with Gasteiger partial charge in [0.25, 0.3) is 0 Å². The van der Waals surface area contributed by atoms with Gasteiger partial charge in [0.1, 0.15) is 0 Å². The maximum absolute atomic E-state index is 11.9. The predicted octanol–water partition coefficient (Wildman–Crippen LogP) is 2.74. The SMILES string of the molecule is Cc1ccc2c(c1)C(C(=O)O)(C(=O)O)c1cc(C)ccc1-2. The van der Waals surface area contributed by atoms with E-state index in [9.17, 15) is 19.8 Å². The first-order valence-corrected chi connectivity index (χ1v) is 6.58. The van der Waals surface area contributed by atoms with Crippen molar-refractivity contribution in [2.75, 3.05) is 0 Å². The van der Waals surface area contributed by atoms with E-state index in [1.54, 1.807) is 24.3 Å². The molecule has 0 bridgehead atoms. The highest BCUT2D eigenvalue weighted by Crippen LogP contribution is 2.50. The molecule has 0 saturated carbocycles. The highest BCUT2D eigenvalue weighted by Gasteiger charge is 2.56. The van der Waals surface area contributed by atoms with E-state index in [1.807, 2.05) is 26.0 Å². The molecule has 21 heavy (non-hydrogen) atoms. The van der Waals surface area contributed by atoms with Crippen molar-refractivity contribution in [1.82, 2.24) is 0 Å². The van der Waals surface area contributed by atoms with E-state index in [0.717, 1.165) is 11.1 Å². The van der Waals surface area contributed by atoms with Gasteiger partial charge in [-0.25, -0.2) is 0 Å². The van der Waals surface area contributed by atoms with Crippen molar-refractivity contribution in [3.63, 3.8) is 0 Å². The van der Waals surface area contributed by atoms with Crippen LogP contribution in [-0.4, -0.2) is 22.2 Å². The minimum absolute atomic E-state index is 0.336. The van der Waals surface area contributed by atoms with E-state index in [0.29, 0.717) is 22.3 Å². The molecule has 1 aliphatic rings. The van der Waals surface area contributed by atoms with Gasteiger partial charge in [-0.15, -0.1) is 0 Å². The average Bonchev–Trinajstić information content (AvgIpc) is 2.67. The second-order valence-corrected chi connectivity index (χ2v) is 5.46. The number of hydrogen-bond acceptors (Lipinski definition) is 2. The fourth-order valence-corrected chi connectivity index (χ4v) is 3.10. The lowest BCUT2D eigenvalue weighted by molar-refractivity contribution is -0.154. The monoisotopic (exact) mass is 282 g/mol. The quantitative estimate of drug-likeness (QED) is 0.830. The molecule has 0 aliphatic heterocycles. The van der Waals surface area contributed by atoms with E-state index in [-0.39, 0.29) is 0 Å². The Balaban J connectivity index is 2.50. The summed E-state index contributed by atoms with van der Waals surface area (Å²) in [4.78, 5) is 23.9. The maximum Gasteiger partial charge on any atom is 0.330 e. The molecule has 0 unspecified atom stereocenters. The second-order valence-electron chi connectivity index (χ2n) is 5.46. The number of aryl methyl sites for hydroxylation is 2. The molecular weight excluding hydrogens is 268 g/mol. The lowest BCUT2D eigenvalue weighted by Crippen LogP contribution is -2.43. The van der Waals surface area contributed by atoms with Crippen LogP contribution < -0.4 is 0 Å². The first-order valence-electron chi connectivity index (χ1n) is 6.58. The first kappa shape index (κ1) is 13.4. The minimum Gasteiger partial charge on any atom is -0.480 e. The summed E-state index contributed by atoms with van der Waals surface area (Å²) in [6.45, 7) is 3.64. The van der Waals surface area contributed by atoms with Crippen molar-refractivity contribution in [2.45, 2.75) is 19.3 Å². The molecule has 2 aromatic rings. The molecule has 4 nitrogen and oxygen atoms in total. The summed E-state index contributed by atoms with van der Waals surface area (Å²) in [5.74, 6) is -2.71. The molecule has 0 spiro atoms. The zero-order valence-corrected chi connectivity index (χ0v) is 11.7. The number of hydrogen-bond donors (Lipinski definition) is 2. The van der Waals surface area contributed by atoms with Crippen molar-refractivity contribution in [2.24, 2.45) is 0 Å². The van der Waals surface area contributed by atoms with Crippen LogP contribution in [0.4, 0.5) is 0 Å². The third-order valence-corrected chi connectivity index (χ3v) is 4.09. The van der Waals surface area contributed by atoms with Gasteiger partial charge in [0.2, 0.25) is 5.41 Å². The highest BCUT2D eigenvalue weighted by atomic mass is 16.4. The molecule has 0 atom stereocenters. The normalized spacial score (nSPS) is 14.4. The van der Waals surface area contributed by atoms with Crippen LogP contribution in [0.2, 0.25) is 0 Å². The molecule has 106 valence electrons. The average molecular weight is 282 g/mol. The van der Waals surface area contributed by atoms with Crippen LogP contribution in [0.1, 0.15) is 22.3 Å². The Morgan fingerprint density at radius 1 is 0.810 bits per heavy atom. The highest BCUT2D eigenvalue weighted by molar-refractivity contribution is 6.14. The Morgan fingerprint density at radius 2 is 1.19 bits per heavy atom. The number of benzene rings is 2. The largest absolute Gasteiger partial charge is 0.480 e. The van der Waals surface area contributed by atoms with E-state index in [1.165, 1.54) is 0 Å². The van der Waals surface area contributed by atoms with Crippen LogP contribution in [0.25, 0.3) is 11.1 Å². The molecule has 4 heteroatoms. The number of aliphatic carboxylic acids is 2. The fourth-order valence-electron chi connectivity index (χ4n) is 3.10. The first-order chi connectivity index (χ1) is 9.88. The molecule has 0 heterocycles. The van der Waals surface area contributed by atoms with Gasteiger partial charge in [-0.05, 0) is 36.1 Å². The molecule has 2 N–H and O–H groups in total. The topological polar surface area (TPSA) is 74.6 Å². The molecule has 0 saturated heterocycles. The molecule has 0 fully saturated rings. The molecule has 3 rings (SSSR count). The van der Waals surface area contributed by atoms with Crippen LogP contribution in [0, 0.1) is 13.8 Å². The summed E-state index contributed by atoms with van der Waals surface area (Å²) in [6.07, 6.45) is 0. The fraction of sp³-hybridized carbons (Fsp3) is 0.176. The third kappa shape index (κ3) is 1.56. The molecular formula is C17H14O4. The van der Waals surface area contributed by atoms with E-state index < -0.39 is 17.4 Å². The maximum atomic E-state index is 11.9. The van der Waals surface area contributed by atoms with Gasteiger partial charge in [0.05, 0.1) is 0 Å². The van der Waals surface area contributed by atoms with Crippen LogP contribution >= 0.6 is 0 Å². The number of carboxylic acids is 2. The summed E-state index contributed by atoms with van der Waals surface area (Å²) in [5.41, 5.74) is 1.69. The Labute approximate surface area is 121 Å². The second kappa shape index (κ2) is 4.19. The van der Waals surface area contributed by atoms with Crippen LogP contribution in [-0.2, 0) is 15.0 Å². The Bertz CT molecular complexity index is 722. The van der Waals surface area contributed by atoms with Crippen LogP contribution in [0.3, 0.4) is 0 Å². The molecule has 2 aromatic carbocycles. The van der Waals surface area contributed by atoms with Gasteiger partial charge in [-0.2, -0.15) is 0 Å². The summed E-state index contributed by atoms with van der Waals surface area (Å²) in [7, 11) is 0. The predicted molar refractivity (Wildman–Crippen MR) is 77.4 cm³/mol. The van der Waals surface area contributed by atoms with E-state index >= 15 is 0 Å². The summed E-state index contributed by atoms with van der Waals surface area (Å²) in [6, 6.07) is 10.6. The van der Waals surface area contributed by atoms with E-state index in [2.05, 4.69) is 0 Å². The molecule has 0 amide bonds. The van der Waals surface area contributed by atoms with Gasteiger partial charge < -0.3 is 10.2 Å². The van der Waals surface area contributed by atoms with Crippen molar-refractivity contribution in [1.29, 1.82) is 0 Å². The Kier molecular flexibility index (Phi) is 2.66. The number of carboxylic acid groups (broad SMARTS) is 2. The van der Waals surface area contributed by atoms with Gasteiger partial charge in [-0.1, -0.05) is 47.5 Å². The van der Waals surface area contributed by atoms with Gasteiger partial charge in [0.15, 0.2) is 0 Å². The summed E-state index contributed by atoms with van der Waals surface area (Å²) < 4.78 is 0. The zero-order chi connectivity index (χ0) is 15.4. The van der Waals surface area contributed by atoms with Crippen molar-refractivity contribution in [3.8, 4) is 11.1 Å². The van der Waals surface area contributed by atoms with Crippen molar-refractivity contribution < 1.29 is 19.8 Å².